The van der Waals surface area contributed by atoms with Gasteiger partial charge in [-0.15, -0.1) is 11.8 Å². The molecule has 1 aliphatic heterocycles. The summed E-state index contributed by atoms with van der Waals surface area (Å²) in [6.45, 7) is 6.28. The molecule has 2 aromatic rings. The first-order valence-corrected chi connectivity index (χ1v) is 7.95. The molecule has 112 valence electrons. The maximum absolute atomic E-state index is 12.3. The van der Waals surface area contributed by atoms with Crippen LogP contribution in [0, 0.1) is 6.92 Å². The standard InChI is InChI=1S/C18H17NO2S/c1-12-8-9-15-16(10-12)22-17(13(2)19-15)18(20)21-11-14-6-4-3-5-7-14/h3-10,17,19H,2,11H2,1H3. The maximum atomic E-state index is 12.3. The van der Waals surface area contributed by atoms with Gasteiger partial charge in [-0.2, -0.15) is 0 Å². The highest BCUT2D eigenvalue weighted by Gasteiger charge is 2.30. The molecule has 1 heterocycles. The minimum Gasteiger partial charge on any atom is -0.460 e. The van der Waals surface area contributed by atoms with Crippen molar-refractivity contribution >= 4 is 23.4 Å². The number of carbonyl (C=O) groups is 1. The first-order valence-electron chi connectivity index (χ1n) is 7.07. The normalized spacial score (nSPS) is 16.6. The molecule has 1 unspecified atom stereocenters. The summed E-state index contributed by atoms with van der Waals surface area (Å²) in [6, 6.07) is 15.8. The third-order valence-electron chi connectivity index (χ3n) is 3.43. The Balaban J connectivity index is 1.69. The average Bonchev–Trinajstić information content (AvgIpc) is 2.53. The van der Waals surface area contributed by atoms with Crippen molar-refractivity contribution in [1.82, 2.24) is 0 Å². The zero-order valence-corrected chi connectivity index (χ0v) is 13.2. The molecular weight excluding hydrogens is 294 g/mol. The predicted octanol–water partition coefficient (Wildman–Crippen LogP) is 4.14. The smallest absolute Gasteiger partial charge is 0.325 e. The lowest BCUT2D eigenvalue weighted by Gasteiger charge is -2.26. The maximum Gasteiger partial charge on any atom is 0.325 e. The van der Waals surface area contributed by atoms with Crippen molar-refractivity contribution in [2.24, 2.45) is 0 Å². The van der Waals surface area contributed by atoms with Gasteiger partial charge in [0.2, 0.25) is 0 Å². The molecule has 4 heteroatoms. The second kappa shape index (κ2) is 6.28. The van der Waals surface area contributed by atoms with E-state index in [0.717, 1.165) is 21.7 Å². The Kier molecular flexibility index (Phi) is 4.20. The highest BCUT2D eigenvalue weighted by Crippen LogP contribution is 2.39. The zero-order chi connectivity index (χ0) is 15.5. The Bertz CT molecular complexity index is 712. The van der Waals surface area contributed by atoms with Gasteiger partial charge in [-0.25, -0.2) is 0 Å². The molecule has 0 saturated carbocycles. The van der Waals surface area contributed by atoms with Crippen molar-refractivity contribution < 1.29 is 9.53 Å². The molecule has 3 nitrogen and oxygen atoms in total. The van der Waals surface area contributed by atoms with Crippen LogP contribution in [0.1, 0.15) is 11.1 Å². The van der Waals surface area contributed by atoms with Crippen LogP contribution in [0.5, 0.6) is 0 Å². The number of aryl methyl sites for hydroxylation is 1. The predicted molar refractivity (Wildman–Crippen MR) is 89.8 cm³/mol. The van der Waals surface area contributed by atoms with Crippen LogP contribution in [0.25, 0.3) is 0 Å². The second-order valence-electron chi connectivity index (χ2n) is 5.24. The highest BCUT2D eigenvalue weighted by molar-refractivity contribution is 8.01. The molecule has 22 heavy (non-hydrogen) atoms. The summed E-state index contributed by atoms with van der Waals surface area (Å²) in [4.78, 5) is 13.4. The van der Waals surface area contributed by atoms with Crippen LogP contribution in [0.4, 0.5) is 5.69 Å². The molecule has 1 aliphatic rings. The highest BCUT2D eigenvalue weighted by atomic mass is 32.2. The second-order valence-corrected chi connectivity index (χ2v) is 6.39. The Hall–Kier alpha value is -2.20. The minimum atomic E-state index is -0.419. The fourth-order valence-electron chi connectivity index (χ4n) is 2.26. The minimum absolute atomic E-state index is 0.265. The van der Waals surface area contributed by atoms with Crippen LogP contribution in [0.2, 0.25) is 0 Å². The molecule has 0 spiro atoms. The summed E-state index contributed by atoms with van der Waals surface area (Å²) in [7, 11) is 0. The van der Waals surface area contributed by atoms with Crippen molar-refractivity contribution in [1.29, 1.82) is 0 Å². The van der Waals surface area contributed by atoms with E-state index in [1.165, 1.54) is 11.8 Å². The summed E-state index contributed by atoms with van der Waals surface area (Å²) in [5.41, 5.74) is 3.80. The van der Waals surface area contributed by atoms with E-state index in [2.05, 4.69) is 18.0 Å². The first kappa shape index (κ1) is 14.7. The third-order valence-corrected chi connectivity index (χ3v) is 4.74. The molecule has 3 rings (SSSR count). The van der Waals surface area contributed by atoms with E-state index in [9.17, 15) is 4.79 Å². The van der Waals surface area contributed by atoms with Gasteiger partial charge in [0.1, 0.15) is 11.9 Å². The zero-order valence-electron chi connectivity index (χ0n) is 12.3. The van der Waals surface area contributed by atoms with Crippen molar-refractivity contribution in [2.45, 2.75) is 23.7 Å². The molecule has 0 bridgehead atoms. The van der Waals surface area contributed by atoms with Crippen LogP contribution in [0.3, 0.4) is 0 Å². The van der Waals surface area contributed by atoms with E-state index in [1.807, 2.05) is 49.4 Å². The van der Waals surface area contributed by atoms with Gasteiger partial charge in [0, 0.05) is 10.6 Å². The Morgan fingerprint density at radius 2 is 2.05 bits per heavy atom. The number of nitrogens with one attached hydrogen (secondary N) is 1. The van der Waals surface area contributed by atoms with Crippen molar-refractivity contribution in [3.63, 3.8) is 0 Å². The van der Waals surface area contributed by atoms with E-state index in [1.54, 1.807) is 0 Å². The summed E-state index contributed by atoms with van der Waals surface area (Å²) in [5, 5.41) is 2.78. The van der Waals surface area contributed by atoms with Crippen molar-refractivity contribution in [3.8, 4) is 0 Å². The molecular formula is C18H17NO2S. The number of fused-ring (bicyclic) bond motifs is 1. The quantitative estimate of drug-likeness (QED) is 0.865. The van der Waals surface area contributed by atoms with Gasteiger partial charge < -0.3 is 10.1 Å². The van der Waals surface area contributed by atoms with Crippen LogP contribution in [-0.4, -0.2) is 11.2 Å². The monoisotopic (exact) mass is 311 g/mol. The number of esters is 1. The SMILES string of the molecule is C=C1Nc2ccc(C)cc2SC1C(=O)OCc1ccccc1. The van der Waals surface area contributed by atoms with Crippen LogP contribution >= 0.6 is 11.8 Å². The Morgan fingerprint density at radius 1 is 1.27 bits per heavy atom. The van der Waals surface area contributed by atoms with Gasteiger partial charge in [-0.3, -0.25) is 4.79 Å². The fourth-order valence-corrected chi connectivity index (χ4v) is 3.38. The van der Waals surface area contributed by atoms with Gasteiger partial charge in [0.25, 0.3) is 0 Å². The van der Waals surface area contributed by atoms with E-state index >= 15 is 0 Å². The van der Waals surface area contributed by atoms with E-state index in [0.29, 0.717) is 5.70 Å². The number of rotatable bonds is 3. The third kappa shape index (κ3) is 3.17. The molecule has 0 saturated heterocycles. The summed E-state index contributed by atoms with van der Waals surface area (Å²) in [5.74, 6) is -0.265. The van der Waals surface area contributed by atoms with Gasteiger partial charge >= 0.3 is 5.97 Å². The van der Waals surface area contributed by atoms with Crippen LogP contribution in [-0.2, 0) is 16.1 Å². The van der Waals surface area contributed by atoms with Crippen molar-refractivity contribution in [3.05, 3.63) is 71.9 Å². The van der Waals surface area contributed by atoms with E-state index in [-0.39, 0.29) is 12.6 Å². The molecule has 1 N–H and O–H groups in total. The first-order chi connectivity index (χ1) is 10.6. The molecule has 0 aromatic heterocycles. The van der Waals surface area contributed by atoms with Crippen LogP contribution < -0.4 is 5.32 Å². The van der Waals surface area contributed by atoms with Gasteiger partial charge in [-0.1, -0.05) is 43.0 Å². The summed E-state index contributed by atoms with van der Waals surface area (Å²) < 4.78 is 5.42. The number of carbonyl (C=O) groups excluding carboxylic acids is 1. The Morgan fingerprint density at radius 3 is 2.82 bits per heavy atom. The molecule has 0 fully saturated rings. The molecule has 2 aromatic carbocycles. The fraction of sp³-hybridized carbons (Fsp3) is 0.167. The van der Waals surface area contributed by atoms with E-state index in [4.69, 9.17) is 4.74 Å². The Labute approximate surface area is 134 Å². The molecule has 0 aliphatic carbocycles. The number of benzene rings is 2. The molecule has 0 amide bonds. The van der Waals surface area contributed by atoms with Crippen LogP contribution in [0.15, 0.2) is 65.7 Å². The average molecular weight is 311 g/mol. The van der Waals surface area contributed by atoms with Gasteiger partial charge in [0.15, 0.2) is 0 Å². The summed E-state index contributed by atoms with van der Waals surface area (Å²) >= 11 is 1.49. The molecule has 0 radical (unpaired) electrons. The van der Waals surface area contributed by atoms with Gasteiger partial charge in [-0.05, 0) is 30.2 Å². The number of hydrogen-bond acceptors (Lipinski definition) is 4. The van der Waals surface area contributed by atoms with Crippen molar-refractivity contribution in [2.75, 3.05) is 5.32 Å². The molecule has 1 atom stereocenters. The number of thioether (sulfide) groups is 1. The lowest BCUT2D eigenvalue weighted by Crippen LogP contribution is -2.28. The summed E-state index contributed by atoms with van der Waals surface area (Å²) in [6.07, 6.45) is 0. The topological polar surface area (TPSA) is 38.3 Å². The number of hydrogen-bond donors (Lipinski definition) is 1. The lowest BCUT2D eigenvalue weighted by atomic mass is 10.2. The lowest BCUT2D eigenvalue weighted by molar-refractivity contribution is -0.143. The van der Waals surface area contributed by atoms with Gasteiger partial charge in [0.05, 0.1) is 5.69 Å². The number of anilines is 1. The van der Waals surface area contributed by atoms with E-state index < -0.39 is 5.25 Å². The largest absolute Gasteiger partial charge is 0.460 e. The number of ether oxygens (including phenoxy) is 1.